The molecule has 0 aromatic heterocycles. The molecule has 11 heteroatoms. The van der Waals surface area contributed by atoms with Crippen molar-refractivity contribution in [2.45, 2.75) is 45.8 Å². The number of ether oxygens (including phenoxy) is 1. The van der Waals surface area contributed by atoms with E-state index in [4.69, 9.17) is 10.5 Å². The number of hydrogen-bond acceptors (Lipinski definition) is 7. The molecule has 1 atom stereocenters. The fourth-order valence-electron chi connectivity index (χ4n) is 3.95. The zero-order valence-corrected chi connectivity index (χ0v) is 19.7. The molecule has 3 rings (SSSR count). The van der Waals surface area contributed by atoms with Crippen molar-refractivity contribution in [3.63, 3.8) is 0 Å². The second-order valence-electron chi connectivity index (χ2n) is 8.04. The summed E-state index contributed by atoms with van der Waals surface area (Å²) < 4.78 is 4.85. The van der Waals surface area contributed by atoms with E-state index in [1.165, 1.54) is 4.90 Å². The van der Waals surface area contributed by atoms with E-state index in [0.717, 1.165) is 16.0 Å². The molecule has 1 fully saturated rings. The number of rotatable bonds is 8. The number of nitrogens with zero attached hydrogens (tertiary/aromatic N) is 2. The van der Waals surface area contributed by atoms with Crippen molar-refractivity contribution in [1.29, 1.82) is 0 Å². The van der Waals surface area contributed by atoms with Crippen LogP contribution in [0, 0.1) is 0 Å². The summed E-state index contributed by atoms with van der Waals surface area (Å²) in [6, 6.07) is 4.02. The van der Waals surface area contributed by atoms with E-state index >= 15 is 0 Å². The van der Waals surface area contributed by atoms with Crippen LogP contribution in [0.15, 0.2) is 42.1 Å². The van der Waals surface area contributed by atoms with Crippen molar-refractivity contribution >= 4 is 29.7 Å². The van der Waals surface area contributed by atoms with Crippen LogP contribution in [-0.4, -0.2) is 58.8 Å². The number of nitrogens with one attached hydrogen (secondary N) is 2. The molecule has 1 unspecified atom stereocenters. The molecule has 2 aliphatic heterocycles. The Morgan fingerprint density at radius 2 is 2.00 bits per heavy atom. The van der Waals surface area contributed by atoms with Crippen molar-refractivity contribution in [1.82, 2.24) is 20.4 Å². The predicted molar refractivity (Wildman–Crippen MR) is 125 cm³/mol. The highest BCUT2D eigenvalue weighted by Crippen LogP contribution is 2.29. The molecular formula is C24H29N5O6. The number of allylic oxidation sites excluding steroid dienone is 3. The molecule has 1 aromatic carbocycles. The first-order valence-corrected chi connectivity index (χ1v) is 11.3. The molecule has 0 aliphatic carbocycles. The van der Waals surface area contributed by atoms with Crippen LogP contribution in [0.2, 0.25) is 0 Å². The Hall–Kier alpha value is -3.99. The van der Waals surface area contributed by atoms with Gasteiger partial charge in [-0.25, -0.2) is 9.69 Å². The minimum absolute atomic E-state index is 0.0441. The van der Waals surface area contributed by atoms with Crippen molar-refractivity contribution in [3.05, 3.63) is 58.8 Å². The van der Waals surface area contributed by atoms with Crippen LogP contribution in [0.4, 0.5) is 4.79 Å². The molecule has 11 nitrogen and oxygen atoms in total. The van der Waals surface area contributed by atoms with E-state index in [1.807, 2.05) is 26.0 Å². The number of likely N-dealkylation sites (tertiary alicyclic amines) is 1. The first-order chi connectivity index (χ1) is 16.8. The number of imide groups is 1. The first-order valence-electron chi connectivity index (χ1n) is 11.3. The first kappa shape index (κ1) is 25.6. The molecule has 35 heavy (non-hydrogen) atoms. The van der Waals surface area contributed by atoms with Gasteiger partial charge >= 0.3 is 12.0 Å². The monoisotopic (exact) mass is 483 g/mol. The Kier molecular flexibility index (Phi) is 8.37. The number of amides is 5. The molecule has 0 radical (unpaired) electrons. The number of fused-ring (bicyclic) bond motifs is 1. The van der Waals surface area contributed by atoms with Crippen molar-refractivity contribution < 1.29 is 28.7 Å². The summed E-state index contributed by atoms with van der Waals surface area (Å²) in [5, 5.41) is 5.51. The summed E-state index contributed by atoms with van der Waals surface area (Å²) in [5.74, 6) is -2.11. The SMILES string of the molecule is C/C=C\C(=C/C)NC(=O)NCc1ccc2c(c1)CN(C1CCC(=O)N(COC(=O)CN)C1=O)C2=O. The Balaban J connectivity index is 1.65. The van der Waals surface area contributed by atoms with E-state index in [9.17, 15) is 24.0 Å². The third kappa shape index (κ3) is 5.93. The van der Waals surface area contributed by atoms with Crippen molar-refractivity contribution in [2.75, 3.05) is 13.3 Å². The van der Waals surface area contributed by atoms with Crippen LogP contribution in [0.5, 0.6) is 0 Å². The summed E-state index contributed by atoms with van der Waals surface area (Å²) in [7, 11) is 0. The highest BCUT2D eigenvalue weighted by atomic mass is 16.5. The van der Waals surface area contributed by atoms with E-state index in [1.54, 1.807) is 24.3 Å². The molecule has 4 N–H and O–H groups in total. The molecule has 186 valence electrons. The summed E-state index contributed by atoms with van der Waals surface area (Å²) in [6.07, 6.45) is 5.60. The Bertz CT molecular complexity index is 1100. The summed E-state index contributed by atoms with van der Waals surface area (Å²) in [6.45, 7) is 3.21. The average Bonchev–Trinajstić information content (AvgIpc) is 3.17. The number of urea groups is 1. The van der Waals surface area contributed by atoms with Gasteiger partial charge in [-0.05, 0) is 43.5 Å². The van der Waals surface area contributed by atoms with Crippen LogP contribution >= 0.6 is 0 Å². The number of carbonyl (C=O) groups excluding carboxylic acids is 5. The Morgan fingerprint density at radius 1 is 1.23 bits per heavy atom. The zero-order chi connectivity index (χ0) is 25.5. The molecule has 1 aromatic rings. The Morgan fingerprint density at radius 3 is 2.69 bits per heavy atom. The highest BCUT2D eigenvalue weighted by molar-refractivity contribution is 6.05. The second kappa shape index (κ2) is 11.4. The predicted octanol–water partition coefficient (Wildman–Crippen LogP) is 0.899. The van der Waals surface area contributed by atoms with Gasteiger partial charge in [-0.15, -0.1) is 0 Å². The average molecular weight is 484 g/mol. The maximum Gasteiger partial charge on any atom is 0.321 e. The normalized spacial score (nSPS) is 18.2. The minimum Gasteiger partial charge on any atom is -0.443 e. The van der Waals surface area contributed by atoms with Gasteiger partial charge in [-0.3, -0.25) is 19.2 Å². The van der Waals surface area contributed by atoms with E-state index in [-0.39, 0.29) is 44.4 Å². The Labute approximate surface area is 202 Å². The maximum atomic E-state index is 13.0. The molecule has 0 spiro atoms. The summed E-state index contributed by atoms with van der Waals surface area (Å²) >= 11 is 0. The highest BCUT2D eigenvalue weighted by Gasteiger charge is 2.43. The lowest BCUT2D eigenvalue weighted by Gasteiger charge is -2.34. The number of esters is 1. The summed E-state index contributed by atoms with van der Waals surface area (Å²) in [5.41, 5.74) is 7.85. The number of benzene rings is 1. The number of nitrogens with two attached hydrogens (primary N) is 1. The van der Waals surface area contributed by atoms with Crippen LogP contribution in [0.1, 0.15) is 48.2 Å². The molecule has 5 amide bonds. The third-order valence-corrected chi connectivity index (χ3v) is 5.75. The fourth-order valence-corrected chi connectivity index (χ4v) is 3.95. The van der Waals surface area contributed by atoms with Gasteiger partial charge in [0.1, 0.15) is 6.04 Å². The van der Waals surface area contributed by atoms with E-state index in [2.05, 4.69) is 10.6 Å². The number of carbonyl (C=O) groups is 5. The van der Waals surface area contributed by atoms with Crippen LogP contribution < -0.4 is 16.4 Å². The molecule has 1 saturated heterocycles. The number of piperidine rings is 1. The molecule has 2 aliphatic rings. The second-order valence-corrected chi connectivity index (χ2v) is 8.04. The third-order valence-electron chi connectivity index (χ3n) is 5.75. The summed E-state index contributed by atoms with van der Waals surface area (Å²) in [4.78, 5) is 63.9. The quantitative estimate of drug-likeness (QED) is 0.282. The zero-order valence-electron chi connectivity index (χ0n) is 19.7. The van der Waals surface area contributed by atoms with Gasteiger partial charge in [0, 0.05) is 30.8 Å². The van der Waals surface area contributed by atoms with Gasteiger partial charge < -0.3 is 26.0 Å². The van der Waals surface area contributed by atoms with Crippen molar-refractivity contribution in [2.24, 2.45) is 5.73 Å². The van der Waals surface area contributed by atoms with Crippen LogP contribution in [-0.2, 0) is 32.2 Å². The molecular weight excluding hydrogens is 454 g/mol. The molecule has 0 bridgehead atoms. The lowest BCUT2D eigenvalue weighted by atomic mass is 10.0. The van der Waals surface area contributed by atoms with E-state index < -0.39 is 30.6 Å². The van der Waals surface area contributed by atoms with Gasteiger partial charge in [0.2, 0.25) is 5.91 Å². The largest absolute Gasteiger partial charge is 0.443 e. The van der Waals surface area contributed by atoms with E-state index in [0.29, 0.717) is 11.3 Å². The minimum atomic E-state index is -0.845. The maximum absolute atomic E-state index is 13.0. The van der Waals surface area contributed by atoms with Gasteiger partial charge in [-0.2, -0.15) is 0 Å². The molecule has 0 saturated carbocycles. The van der Waals surface area contributed by atoms with Crippen LogP contribution in [0.3, 0.4) is 0 Å². The van der Waals surface area contributed by atoms with Gasteiger partial charge in [0.15, 0.2) is 6.73 Å². The van der Waals surface area contributed by atoms with Crippen molar-refractivity contribution in [3.8, 4) is 0 Å². The van der Waals surface area contributed by atoms with Gasteiger partial charge in [-0.1, -0.05) is 24.3 Å². The lowest BCUT2D eigenvalue weighted by molar-refractivity contribution is -0.163. The smallest absolute Gasteiger partial charge is 0.321 e. The number of hydrogen-bond donors (Lipinski definition) is 3. The lowest BCUT2D eigenvalue weighted by Crippen LogP contribution is -2.55. The van der Waals surface area contributed by atoms with Gasteiger partial charge in [0.05, 0.1) is 6.54 Å². The van der Waals surface area contributed by atoms with Crippen LogP contribution in [0.25, 0.3) is 0 Å². The fraction of sp³-hybridized carbons (Fsp3) is 0.375. The molecule has 2 heterocycles. The standard InChI is InChI=1S/C24H29N5O6/c1-3-5-17(4-2)27-24(34)26-12-15-6-7-18-16(10-15)13-28(22(18)32)19-8-9-20(30)29(23(19)33)14-35-21(31)11-25/h3-7,10,19H,8-9,11-14,25H2,1-2H3,(H2,26,27,34)/b5-3-,17-4+. The van der Waals surface area contributed by atoms with Gasteiger partial charge in [0.25, 0.3) is 11.8 Å². The topological polar surface area (TPSA) is 151 Å².